The number of rotatable bonds is 6. The molecule has 0 atom stereocenters. The molecular formula is C13H22FN3O2S. The van der Waals surface area contributed by atoms with Gasteiger partial charge in [0.2, 0.25) is 10.0 Å². The van der Waals surface area contributed by atoms with E-state index in [2.05, 4.69) is 0 Å². The molecule has 20 heavy (non-hydrogen) atoms. The van der Waals surface area contributed by atoms with Crippen molar-refractivity contribution in [3.05, 3.63) is 24.0 Å². The Hall–Kier alpha value is -1.18. The van der Waals surface area contributed by atoms with Gasteiger partial charge in [0, 0.05) is 13.1 Å². The molecule has 1 rings (SSSR count). The minimum atomic E-state index is -3.89. The van der Waals surface area contributed by atoms with Crippen LogP contribution in [0, 0.1) is 11.2 Å². The van der Waals surface area contributed by atoms with Gasteiger partial charge in [0.25, 0.3) is 0 Å². The predicted molar refractivity (Wildman–Crippen MR) is 78.5 cm³/mol. The van der Waals surface area contributed by atoms with E-state index in [1.165, 1.54) is 12.1 Å². The first-order valence-electron chi connectivity index (χ1n) is 6.38. The fourth-order valence-corrected chi connectivity index (χ4v) is 2.40. The predicted octanol–water partition coefficient (Wildman–Crippen LogP) is 1.28. The van der Waals surface area contributed by atoms with Gasteiger partial charge in [0.05, 0.1) is 10.6 Å². The zero-order valence-corrected chi connectivity index (χ0v) is 12.9. The molecule has 0 fully saturated rings. The number of nitrogens with two attached hydrogens (primary N) is 2. The molecule has 4 N–H and O–H groups in total. The van der Waals surface area contributed by atoms with Crippen LogP contribution in [0.5, 0.6) is 0 Å². The van der Waals surface area contributed by atoms with Crippen molar-refractivity contribution in [3.63, 3.8) is 0 Å². The average molecular weight is 303 g/mol. The van der Waals surface area contributed by atoms with Crippen LogP contribution < -0.4 is 15.8 Å². The van der Waals surface area contributed by atoms with E-state index in [4.69, 9.17) is 10.9 Å². The third-order valence-electron chi connectivity index (χ3n) is 3.14. The summed E-state index contributed by atoms with van der Waals surface area (Å²) in [6.07, 6.45) is 0. The van der Waals surface area contributed by atoms with Gasteiger partial charge in [-0.25, -0.2) is 17.9 Å². The highest BCUT2D eigenvalue weighted by Gasteiger charge is 2.22. The second kappa shape index (κ2) is 6.07. The van der Waals surface area contributed by atoms with E-state index in [-0.39, 0.29) is 10.3 Å². The van der Waals surface area contributed by atoms with Gasteiger partial charge in [0.15, 0.2) is 0 Å². The number of anilines is 1. The van der Waals surface area contributed by atoms with Crippen LogP contribution in [-0.2, 0) is 10.0 Å². The summed E-state index contributed by atoms with van der Waals surface area (Å²) in [5.74, 6) is -0.605. The van der Waals surface area contributed by atoms with E-state index in [1.807, 2.05) is 25.7 Å². The van der Waals surface area contributed by atoms with Crippen LogP contribution in [-0.4, -0.2) is 28.1 Å². The van der Waals surface area contributed by atoms with E-state index in [9.17, 15) is 12.8 Å². The first-order valence-corrected chi connectivity index (χ1v) is 7.93. The van der Waals surface area contributed by atoms with Crippen molar-refractivity contribution in [2.24, 2.45) is 16.3 Å². The topological polar surface area (TPSA) is 89.4 Å². The Morgan fingerprint density at radius 2 is 1.95 bits per heavy atom. The summed E-state index contributed by atoms with van der Waals surface area (Å²) in [6.45, 7) is 7.53. The number of hydrogen-bond donors (Lipinski definition) is 2. The van der Waals surface area contributed by atoms with Gasteiger partial charge in [-0.1, -0.05) is 13.8 Å². The van der Waals surface area contributed by atoms with Crippen LogP contribution in [0.15, 0.2) is 23.1 Å². The minimum Gasteiger partial charge on any atom is -0.369 e. The van der Waals surface area contributed by atoms with Crippen molar-refractivity contribution in [2.75, 3.05) is 24.5 Å². The van der Waals surface area contributed by atoms with E-state index in [0.717, 1.165) is 6.07 Å². The minimum absolute atomic E-state index is 0.166. The summed E-state index contributed by atoms with van der Waals surface area (Å²) in [6, 6.07) is 3.69. The molecule has 0 aliphatic rings. The molecule has 0 amide bonds. The van der Waals surface area contributed by atoms with Gasteiger partial charge < -0.3 is 10.6 Å². The second-order valence-corrected chi connectivity index (χ2v) is 7.10. The molecule has 5 nitrogen and oxygen atoms in total. The van der Waals surface area contributed by atoms with Gasteiger partial charge in [-0.15, -0.1) is 0 Å². The molecule has 0 aliphatic carbocycles. The molecule has 114 valence electrons. The third-order valence-corrected chi connectivity index (χ3v) is 4.05. The summed E-state index contributed by atoms with van der Waals surface area (Å²) >= 11 is 0. The Kier molecular flexibility index (Phi) is 5.12. The van der Waals surface area contributed by atoms with Gasteiger partial charge in [-0.05, 0) is 37.1 Å². The quantitative estimate of drug-likeness (QED) is 0.828. The van der Waals surface area contributed by atoms with Gasteiger partial charge in [0.1, 0.15) is 5.82 Å². The molecule has 1 aromatic rings. The van der Waals surface area contributed by atoms with Gasteiger partial charge in [-0.3, -0.25) is 0 Å². The van der Waals surface area contributed by atoms with Gasteiger partial charge in [-0.2, -0.15) is 0 Å². The molecule has 0 radical (unpaired) electrons. The molecule has 0 saturated heterocycles. The first-order chi connectivity index (χ1) is 9.10. The molecule has 7 heteroatoms. The lowest BCUT2D eigenvalue weighted by Gasteiger charge is -2.32. The lowest BCUT2D eigenvalue weighted by molar-refractivity contribution is 0.378. The molecule has 0 aromatic heterocycles. The Morgan fingerprint density at radius 1 is 1.35 bits per heavy atom. The zero-order chi connectivity index (χ0) is 15.6. The molecule has 1 aromatic carbocycles. The number of sulfonamides is 1. The lowest BCUT2D eigenvalue weighted by atomic mass is 9.93. The maximum Gasteiger partial charge on any atom is 0.238 e. The fourth-order valence-electron chi connectivity index (χ4n) is 1.87. The Morgan fingerprint density at radius 3 is 2.35 bits per heavy atom. The van der Waals surface area contributed by atoms with Crippen molar-refractivity contribution >= 4 is 15.7 Å². The Balaban J connectivity index is 3.12. The van der Waals surface area contributed by atoms with E-state index >= 15 is 0 Å². The van der Waals surface area contributed by atoms with Crippen LogP contribution >= 0.6 is 0 Å². The number of benzene rings is 1. The summed E-state index contributed by atoms with van der Waals surface area (Å²) in [5.41, 5.74) is 5.87. The molecule has 0 heterocycles. The van der Waals surface area contributed by atoms with Crippen molar-refractivity contribution in [1.29, 1.82) is 0 Å². The summed E-state index contributed by atoms with van der Waals surface area (Å²) < 4.78 is 36.5. The largest absolute Gasteiger partial charge is 0.369 e. The Bertz CT molecular complexity index is 573. The molecule has 0 spiro atoms. The van der Waals surface area contributed by atoms with Crippen LogP contribution in [0.4, 0.5) is 10.1 Å². The fraction of sp³-hybridized carbons (Fsp3) is 0.538. The maximum atomic E-state index is 14.1. The Labute approximate surface area is 119 Å². The van der Waals surface area contributed by atoms with Crippen LogP contribution in [0.25, 0.3) is 0 Å². The number of primary sulfonamides is 1. The number of halogens is 1. The van der Waals surface area contributed by atoms with Crippen molar-refractivity contribution in [2.45, 2.75) is 25.7 Å². The highest BCUT2D eigenvalue weighted by atomic mass is 32.2. The standard InChI is InChI=1S/C13H22FN3O2S/c1-4-17(9-13(2,3)8-15)12-6-5-10(7-11(12)14)20(16,18)19/h5-7H,4,8-9,15H2,1-3H3,(H2,16,18,19). The van der Waals surface area contributed by atoms with Crippen molar-refractivity contribution < 1.29 is 12.8 Å². The monoisotopic (exact) mass is 303 g/mol. The molecule has 0 aliphatic heterocycles. The number of nitrogens with zero attached hydrogens (tertiary/aromatic N) is 1. The summed E-state index contributed by atoms with van der Waals surface area (Å²) in [7, 11) is -3.89. The van der Waals surface area contributed by atoms with Gasteiger partial charge >= 0.3 is 0 Å². The maximum absolute atomic E-state index is 14.1. The lowest BCUT2D eigenvalue weighted by Crippen LogP contribution is -2.39. The first kappa shape index (κ1) is 16.9. The van der Waals surface area contributed by atoms with Crippen molar-refractivity contribution in [1.82, 2.24) is 0 Å². The normalized spacial score (nSPS) is 12.5. The summed E-state index contributed by atoms with van der Waals surface area (Å²) in [5, 5.41) is 4.98. The van der Waals surface area contributed by atoms with Crippen LogP contribution in [0.1, 0.15) is 20.8 Å². The molecule has 0 unspecified atom stereocenters. The SMILES string of the molecule is CCN(CC(C)(C)CN)c1ccc(S(N)(=O)=O)cc1F. The van der Waals surface area contributed by atoms with Crippen LogP contribution in [0.3, 0.4) is 0 Å². The third kappa shape index (κ3) is 4.16. The highest BCUT2D eigenvalue weighted by molar-refractivity contribution is 7.89. The summed E-state index contributed by atoms with van der Waals surface area (Å²) in [4.78, 5) is 1.60. The highest BCUT2D eigenvalue weighted by Crippen LogP contribution is 2.25. The smallest absolute Gasteiger partial charge is 0.238 e. The van der Waals surface area contributed by atoms with E-state index in [0.29, 0.717) is 25.3 Å². The molecule has 0 saturated carbocycles. The average Bonchev–Trinajstić information content (AvgIpc) is 2.35. The molecular weight excluding hydrogens is 281 g/mol. The molecule has 0 bridgehead atoms. The van der Waals surface area contributed by atoms with Crippen molar-refractivity contribution in [3.8, 4) is 0 Å². The zero-order valence-electron chi connectivity index (χ0n) is 12.1. The van der Waals surface area contributed by atoms with E-state index in [1.54, 1.807) is 0 Å². The van der Waals surface area contributed by atoms with E-state index < -0.39 is 15.8 Å². The second-order valence-electron chi connectivity index (χ2n) is 5.54. The number of hydrogen-bond acceptors (Lipinski definition) is 4. The van der Waals surface area contributed by atoms with Crippen LogP contribution in [0.2, 0.25) is 0 Å².